The normalized spacial score (nSPS) is 15.6. The first kappa shape index (κ1) is 80.4. The fourth-order valence-corrected chi connectivity index (χ4v) is 34.4. The molecular formula is C126H78N3O4P3S2. The Morgan fingerprint density at radius 2 is 0.522 bits per heavy atom. The number of para-hydroxylation sites is 5. The molecule has 0 N–H and O–H groups in total. The molecule has 3 aliphatic rings. The smallest absolute Gasteiger partial charge is 0.172 e. The first-order chi connectivity index (χ1) is 68.1. The van der Waals surface area contributed by atoms with Gasteiger partial charge in [-0.2, -0.15) is 0 Å². The Labute approximate surface area is 802 Å². The van der Waals surface area contributed by atoms with Crippen LogP contribution in [0.15, 0.2) is 478 Å². The van der Waals surface area contributed by atoms with Crippen LogP contribution in [0.5, 0.6) is 0 Å². The van der Waals surface area contributed by atoms with Gasteiger partial charge in [0.2, 0.25) is 0 Å². The van der Waals surface area contributed by atoms with Crippen molar-refractivity contribution >= 4 is 220 Å². The Bertz CT molecular complexity index is 9570. The van der Waals surface area contributed by atoms with Crippen LogP contribution in [-0.2, 0) is 13.7 Å². The van der Waals surface area contributed by atoms with Gasteiger partial charge in [-0.15, -0.1) is 22.7 Å². The Hall–Kier alpha value is -16.1. The molecule has 0 spiro atoms. The van der Waals surface area contributed by atoms with Crippen LogP contribution in [0.25, 0.3) is 212 Å². The third-order valence-electron chi connectivity index (χ3n) is 28.9. The molecule has 0 aliphatic carbocycles. The SMILES string of the molecule is O=P1(c2ccccc2)c2ccccc2-c2c1ccc1c3ccccc3n(-c3ccc(-c4cccc5c4oc4ccccc45)cc3)c21.O=P1(c2ccccc2)c2ccccc2-c2c1ccc1c3ccccc3n(-c3ccc(-c4cccc5c4sc4ccccc45)cc3)c21.O=P1(c2ccccc2)c2ccccc2-c2c1ccc1c3ccccc3n(-c3ccc(-c4cccc5sc6ccccc6c45)cc3)c21. The zero-order chi connectivity index (χ0) is 91.2. The maximum absolute atomic E-state index is 15.3. The molecule has 0 saturated carbocycles. The van der Waals surface area contributed by atoms with Gasteiger partial charge in [0.15, 0.2) is 21.4 Å². The fourth-order valence-electron chi connectivity index (χ4n) is 22.9. The summed E-state index contributed by atoms with van der Waals surface area (Å²) in [6.07, 6.45) is 0. The zero-order valence-corrected chi connectivity index (χ0v) is 78.5. The van der Waals surface area contributed by atoms with E-state index in [2.05, 4.69) is 366 Å². The second-order valence-corrected chi connectivity index (χ2v) is 46.2. The molecule has 27 aromatic rings. The van der Waals surface area contributed by atoms with Crippen LogP contribution in [0.3, 0.4) is 0 Å². The van der Waals surface area contributed by atoms with Gasteiger partial charge in [0.1, 0.15) is 11.2 Å². The topological polar surface area (TPSA) is 79.1 Å². The van der Waals surface area contributed by atoms with Gasteiger partial charge in [-0.05, 0) is 142 Å². The molecule has 6 aromatic heterocycles. The maximum Gasteiger partial charge on any atom is 0.172 e. The Balaban J connectivity index is 0.000000102. The Kier molecular flexibility index (Phi) is 18.2. The molecule has 3 unspecified atom stereocenters. The monoisotopic (exact) mass is 1850 g/mol. The Morgan fingerprint density at radius 3 is 0.978 bits per heavy atom. The van der Waals surface area contributed by atoms with Gasteiger partial charge in [-0.1, -0.05) is 376 Å². The van der Waals surface area contributed by atoms with E-state index >= 15 is 13.7 Å². The van der Waals surface area contributed by atoms with Crippen molar-refractivity contribution in [1.29, 1.82) is 0 Å². The molecule has 648 valence electrons. The highest BCUT2D eigenvalue weighted by molar-refractivity contribution is 7.87. The first-order valence-electron chi connectivity index (χ1n) is 46.7. The number of hydrogen-bond donors (Lipinski definition) is 0. The van der Waals surface area contributed by atoms with Gasteiger partial charge in [-0.25, -0.2) is 0 Å². The molecule has 138 heavy (non-hydrogen) atoms. The molecule has 0 amide bonds. The van der Waals surface area contributed by atoms with E-state index in [0.29, 0.717) is 0 Å². The lowest BCUT2D eigenvalue weighted by molar-refractivity contribution is 0.592. The minimum Gasteiger partial charge on any atom is -0.455 e. The molecule has 30 rings (SSSR count). The zero-order valence-electron chi connectivity index (χ0n) is 74.2. The van der Waals surface area contributed by atoms with Crippen molar-refractivity contribution in [2.24, 2.45) is 0 Å². The van der Waals surface area contributed by atoms with Gasteiger partial charge >= 0.3 is 0 Å². The van der Waals surface area contributed by atoms with E-state index in [1.807, 2.05) is 144 Å². The molecule has 9 heterocycles. The van der Waals surface area contributed by atoms with Crippen LogP contribution in [-0.4, -0.2) is 13.7 Å². The van der Waals surface area contributed by atoms with Crippen molar-refractivity contribution in [3.8, 4) is 83.8 Å². The van der Waals surface area contributed by atoms with E-state index in [1.54, 1.807) is 0 Å². The molecule has 0 radical (unpaired) electrons. The second-order valence-electron chi connectivity index (χ2n) is 36.0. The van der Waals surface area contributed by atoms with Crippen molar-refractivity contribution in [3.05, 3.63) is 473 Å². The number of furan rings is 1. The van der Waals surface area contributed by atoms with Crippen molar-refractivity contribution in [1.82, 2.24) is 13.7 Å². The van der Waals surface area contributed by atoms with Crippen LogP contribution in [0, 0.1) is 0 Å². The highest BCUT2D eigenvalue weighted by Crippen LogP contribution is 2.59. The number of benzene rings is 21. The lowest BCUT2D eigenvalue weighted by Crippen LogP contribution is -2.20. The summed E-state index contributed by atoms with van der Waals surface area (Å²) in [5.74, 6) is 0. The highest BCUT2D eigenvalue weighted by Gasteiger charge is 2.46. The third kappa shape index (κ3) is 11.8. The summed E-state index contributed by atoms with van der Waals surface area (Å²) in [5, 5.41) is 22.7. The number of rotatable bonds is 9. The molecule has 0 bridgehead atoms. The van der Waals surface area contributed by atoms with Crippen LogP contribution >= 0.6 is 44.1 Å². The number of thiophene rings is 2. The predicted octanol–water partition coefficient (Wildman–Crippen LogP) is 30.8. The third-order valence-corrected chi connectivity index (χ3v) is 40.7. The van der Waals surface area contributed by atoms with Gasteiger partial charge in [-0.3, -0.25) is 0 Å². The van der Waals surface area contributed by atoms with E-state index in [1.165, 1.54) is 89.5 Å². The molecule has 3 atom stereocenters. The number of aromatic nitrogens is 3. The van der Waals surface area contributed by atoms with Crippen molar-refractivity contribution in [2.45, 2.75) is 0 Å². The average molecular weight is 1860 g/mol. The summed E-state index contributed by atoms with van der Waals surface area (Å²) in [5.41, 5.74) is 25.2. The molecule has 7 nitrogen and oxygen atoms in total. The number of nitrogens with zero attached hydrogens (tertiary/aromatic N) is 3. The first-order valence-corrected chi connectivity index (χ1v) is 53.4. The van der Waals surface area contributed by atoms with Crippen LogP contribution in [0.4, 0.5) is 0 Å². The molecule has 0 saturated heterocycles. The summed E-state index contributed by atoms with van der Waals surface area (Å²) >= 11 is 3.71. The highest BCUT2D eigenvalue weighted by atomic mass is 32.1. The maximum atomic E-state index is 15.3. The summed E-state index contributed by atoms with van der Waals surface area (Å²) < 4.78 is 64.7. The predicted molar refractivity (Wildman–Crippen MR) is 587 cm³/mol. The minimum absolute atomic E-state index is 0.868. The van der Waals surface area contributed by atoms with E-state index in [-0.39, 0.29) is 0 Å². The molecule has 12 heteroatoms. The molecule has 21 aromatic carbocycles. The lowest BCUT2D eigenvalue weighted by Gasteiger charge is -2.16. The molecule has 0 fully saturated rings. The van der Waals surface area contributed by atoms with Gasteiger partial charge in [0, 0.05) is 170 Å². The summed E-state index contributed by atoms with van der Waals surface area (Å²) in [4.78, 5) is 0. The molecule has 3 aliphatic heterocycles. The number of fused-ring (bicyclic) bond motifs is 30. The fraction of sp³-hybridized carbons (Fsp3) is 0. The van der Waals surface area contributed by atoms with E-state index in [0.717, 1.165) is 170 Å². The summed E-state index contributed by atoms with van der Waals surface area (Å²) in [7, 11) is -9.19. The standard InChI is InChI=1S/C42H26NO2P.2C42H26NOPS/c44-46(29-11-2-1-3-12-29)38-20-9-6-15-35(38)40-39(46)26-25-33-31-13-4-7-18-36(31)43(41(33)40)28-23-21-27(22-24-28)30-16-10-17-34-32-14-5-8-19-37(32)45-42(30)34;44-45(29-11-2-1-3-12-29)37-19-8-5-15-35(37)40-38(45)26-25-33-31-13-4-7-18-36(31)43(41(33)40)28-23-21-27(22-24-28)30-16-10-17-34-32-14-6-9-20-39(32)46-42(30)34;44-45(29-11-2-1-3-12-29)36-18-8-5-14-33(36)41-37(45)26-25-32-31-13-4-7-17-35(31)43(42(32)41)28-23-21-27(22-24-28)30-16-10-20-39-40(30)34-15-6-9-19-38(34)46-39/h3*1-26H. The average Bonchev–Trinajstić information content (AvgIpc) is 1.53. The lowest BCUT2D eigenvalue weighted by atomic mass is 9.99. The molecular weight excluding hydrogens is 1780 g/mol. The van der Waals surface area contributed by atoms with Crippen molar-refractivity contribution < 1.29 is 18.1 Å². The van der Waals surface area contributed by atoms with Gasteiger partial charge in [0.25, 0.3) is 0 Å². The summed E-state index contributed by atoms with van der Waals surface area (Å²) in [6.45, 7) is 0. The van der Waals surface area contributed by atoms with Crippen molar-refractivity contribution in [2.75, 3.05) is 0 Å². The largest absolute Gasteiger partial charge is 0.455 e. The van der Waals surface area contributed by atoms with E-state index < -0.39 is 21.4 Å². The van der Waals surface area contributed by atoms with Crippen LogP contribution < -0.4 is 47.7 Å². The van der Waals surface area contributed by atoms with Crippen molar-refractivity contribution in [3.63, 3.8) is 0 Å². The second kappa shape index (κ2) is 31.3. The minimum atomic E-state index is -3.07. The Morgan fingerprint density at radius 1 is 0.203 bits per heavy atom. The van der Waals surface area contributed by atoms with Crippen LogP contribution in [0.1, 0.15) is 0 Å². The van der Waals surface area contributed by atoms with Gasteiger partial charge in [0.05, 0.1) is 33.1 Å². The number of hydrogen-bond acceptors (Lipinski definition) is 6. The van der Waals surface area contributed by atoms with Gasteiger partial charge < -0.3 is 31.8 Å². The quantitative estimate of drug-likeness (QED) is 0.135. The van der Waals surface area contributed by atoms with Crippen LogP contribution in [0.2, 0.25) is 0 Å². The summed E-state index contributed by atoms with van der Waals surface area (Å²) in [6, 6.07) is 165. The van der Waals surface area contributed by atoms with E-state index in [9.17, 15) is 0 Å². The van der Waals surface area contributed by atoms with E-state index in [4.69, 9.17) is 4.42 Å².